The highest BCUT2D eigenvalue weighted by molar-refractivity contribution is 6.32. The van der Waals surface area contributed by atoms with Crippen LogP contribution < -0.4 is 10.1 Å². The van der Waals surface area contributed by atoms with Crippen LogP contribution in [0.1, 0.15) is 51.0 Å². The molecule has 0 spiro atoms. The van der Waals surface area contributed by atoms with Gasteiger partial charge >= 0.3 is 6.09 Å². The molecule has 1 aliphatic heterocycles. The molecule has 1 aromatic carbocycles. The van der Waals surface area contributed by atoms with Crippen LogP contribution in [-0.4, -0.2) is 41.8 Å². The molecule has 1 amide bonds. The van der Waals surface area contributed by atoms with E-state index in [2.05, 4.69) is 23.2 Å². The van der Waals surface area contributed by atoms with Gasteiger partial charge in [-0.2, -0.15) is 0 Å². The first-order valence-electron chi connectivity index (χ1n) is 10.1. The molecule has 0 aromatic heterocycles. The largest absolute Gasteiger partial charge is 0.489 e. The van der Waals surface area contributed by atoms with Gasteiger partial charge in [0.1, 0.15) is 5.75 Å². The Balaban J connectivity index is 0.000000466. The van der Waals surface area contributed by atoms with Gasteiger partial charge in [0.2, 0.25) is 0 Å². The molecule has 2 saturated carbocycles. The fraction of sp³-hybridized carbons (Fsp3) is 0.667. The lowest BCUT2D eigenvalue weighted by atomic mass is 9.82. The van der Waals surface area contributed by atoms with Crippen molar-refractivity contribution >= 4 is 17.7 Å². The number of likely N-dealkylation sites (tertiary alicyclic amines) is 1. The number of benzene rings is 1. The minimum Gasteiger partial charge on any atom is -0.489 e. The van der Waals surface area contributed by atoms with Crippen molar-refractivity contribution in [2.24, 2.45) is 11.8 Å². The molecule has 3 fully saturated rings. The Morgan fingerprint density at radius 3 is 2.56 bits per heavy atom. The molecule has 3 aliphatic rings. The van der Waals surface area contributed by atoms with Crippen LogP contribution in [0.2, 0.25) is 5.02 Å². The predicted octanol–water partition coefficient (Wildman–Crippen LogP) is 4.78. The summed E-state index contributed by atoms with van der Waals surface area (Å²) in [7, 11) is 0. The fourth-order valence-electron chi connectivity index (χ4n) is 3.47. The molecule has 1 aromatic rings. The van der Waals surface area contributed by atoms with Crippen molar-refractivity contribution in [3.63, 3.8) is 0 Å². The third-order valence-electron chi connectivity index (χ3n) is 5.53. The second-order valence-electron chi connectivity index (χ2n) is 8.16. The van der Waals surface area contributed by atoms with E-state index in [1.54, 1.807) is 0 Å². The zero-order valence-electron chi connectivity index (χ0n) is 16.1. The number of ether oxygens (including phenoxy) is 1. The van der Waals surface area contributed by atoms with Crippen LogP contribution in [0.25, 0.3) is 0 Å². The van der Waals surface area contributed by atoms with Gasteiger partial charge in [-0.15, -0.1) is 0 Å². The van der Waals surface area contributed by atoms with E-state index in [0.717, 1.165) is 49.7 Å². The molecule has 0 unspecified atom stereocenters. The molecule has 5 nitrogen and oxygen atoms in total. The van der Waals surface area contributed by atoms with Crippen LogP contribution in [0, 0.1) is 11.8 Å². The number of halogens is 1. The highest BCUT2D eigenvalue weighted by Gasteiger charge is 2.31. The SMILES string of the molecule is CC1CC1.O=C(O)NCC1CC(Oc2cccc(CN3CCCC3)c2Cl)C1. The van der Waals surface area contributed by atoms with Crippen LogP contribution in [0.5, 0.6) is 5.75 Å². The maximum atomic E-state index is 10.5. The summed E-state index contributed by atoms with van der Waals surface area (Å²) < 4.78 is 6.00. The molecule has 1 heterocycles. The lowest BCUT2D eigenvalue weighted by molar-refractivity contribution is 0.0645. The van der Waals surface area contributed by atoms with Gasteiger partial charge in [0.05, 0.1) is 11.1 Å². The second kappa shape index (κ2) is 9.65. The number of carbonyl (C=O) groups is 1. The number of carboxylic acid groups (broad SMARTS) is 1. The molecule has 27 heavy (non-hydrogen) atoms. The number of hydrogen-bond donors (Lipinski definition) is 2. The van der Waals surface area contributed by atoms with Crippen LogP contribution in [0.3, 0.4) is 0 Å². The van der Waals surface area contributed by atoms with Crippen molar-refractivity contribution in [3.05, 3.63) is 28.8 Å². The summed E-state index contributed by atoms with van der Waals surface area (Å²) in [5, 5.41) is 11.7. The second-order valence-corrected chi connectivity index (χ2v) is 8.54. The zero-order valence-corrected chi connectivity index (χ0v) is 16.9. The molecule has 0 bridgehead atoms. The number of rotatable bonds is 6. The van der Waals surface area contributed by atoms with Gasteiger partial charge in [0, 0.05) is 13.1 Å². The number of amides is 1. The van der Waals surface area contributed by atoms with Gasteiger partial charge in [-0.1, -0.05) is 43.5 Å². The van der Waals surface area contributed by atoms with Crippen molar-refractivity contribution in [1.82, 2.24) is 10.2 Å². The highest BCUT2D eigenvalue weighted by Crippen LogP contribution is 2.36. The summed E-state index contributed by atoms with van der Waals surface area (Å²) in [5.74, 6) is 2.20. The van der Waals surface area contributed by atoms with E-state index >= 15 is 0 Å². The van der Waals surface area contributed by atoms with Gasteiger partial charge in [-0.25, -0.2) is 4.79 Å². The minimum absolute atomic E-state index is 0.134. The molecule has 4 rings (SSSR count). The van der Waals surface area contributed by atoms with Gasteiger partial charge < -0.3 is 15.2 Å². The molecule has 0 atom stereocenters. The van der Waals surface area contributed by atoms with E-state index in [4.69, 9.17) is 21.4 Å². The average Bonchev–Trinajstić information content (AvgIpc) is 3.20. The predicted molar refractivity (Wildman–Crippen MR) is 108 cm³/mol. The molecular weight excluding hydrogens is 364 g/mol. The van der Waals surface area contributed by atoms with Crippen molar-refractivity contribution in [2.45, 2.75) is 58.1 Å². The normalized spacial score (nSPS) is 24.5. The van der Waals surface area contributed by atoms with Crippen molar-refractivity contribution in [2.75, 3.05) is 19.6 Å². The Labute approximate surface area is 167 Å². The number of hydrogen-bond acceptors (Lipinski definition) is 3. The van der Waals surface area contributed by atoms with Gasteiger partial charge in [0.25, 0.3) is 0 Å². The number of nitrogens with one attached hydrogen (secondary N) is 1. The van der Waals surface area contributed by atoms with Crippen molar-refractivity contribution in [1.29, 1.82) is 0 Å². The zero-order chi connectivity index (χ0) is 19.2. The summed E-state index contributed by atoms with van der Waals surface area (Å²) in [6.07, 6.45) is 6.41. The minimum atomic E-state index is -0.966. The van der Waals surface area contributed by atoms with Crippen LogP contribution in [0.15, 0.2) is 18.2 Å². The Hall–Kier alpha value is -1.46. The summed E-state index contributed by atoms with van der Waals surface area (Å²) in [6.45, 7) is 5.94. The van der Waals surface area contributed by atoms with E-state index in [1.165, 1.54) is 25.7 Å². The summed E-state index contributed by atoms with van der Waals surface area (Å²) in [4.78, 5) is 12.9. The van der Waals surface area contributed by atoms with E-state index in [9.17, 15) is 4.79 Å². The maximum absolute atomic E-state index is 10.5. The molecular formula is C21H31ClN2O3. The van der Waals surface area contributed by atoms with Gasteiger partial charge in [-0.05, 0) is 62.2 Å². The monoisotopic (exact) mass is 394 g/mol. The number of nitrogens with zero attached hydrogens (tertiary/aromatic N) is 1. The van der Waals surface area contributed by atoms with E-state index in [1.807, 2.05) is 12.1 Å². The summed E-state index contributed by atoms with van der Waals surface area (Å²) in [6, 6.07) is 5.97. The van der Waals surface area contributed by atoms with E-state index in [0.29, 0.717) is 17.5 Å². The molecule has 2 N–H and O–H groups in total. The first-order valence-corrected chi connectivity index (χ1v) is 10.5. The Morgan fingerprint density at radius 2 is 1.96 bits per heavy atom. The highest BCUT2D eigenvalue weighted by atomic mass is 35.5. The topological polar surface area (TPSA) is 61.8 Å². The molecule has 150 valence electrons. The lowest BCUT2D eigenvalue weighted by Gasteiger charge is -2.35. The first kappa shape index (κ1) is 20.3. The Morgan fingerprint density at radius 1 is 1.30 bits per heavy atom. The first-order chi connectivity index (χ1) is 13.0. The fourth-order valence-corrected chi connectivity index (χ4v) is 3.70. The summed E-state index contributed by atoms with van der Waals surface area (Å²) in [5.41, 5.74) is 1.12. The average molecular weight is 395 g/mol. The lowest BCUT2D eigenvalue weighted by Crippen LogP contribution is -2.40. The van der Waals surface area contributed by atoms with Crippen LogP contribution in [-0.2, 0) is 6.54 Å². The third-order valence-corrected chi connectivity index (χ3v) is 5.96. The molecule has 1 saturated heterocycles. The van der Waals surface area contributed by atoms with Crippen molar-refractivity contribution in [3.8, 4) is 5.75 Å². The van der Waals surface area contributed by atoms with Gasteiger partial charge in [0.15, 0.2) is 0 Å². The van der Waals surface area contributed by atoms with E-state index < -0.39 is 6.09 Å². The smallest absolute Gasteiger partial charge is 0.404 e. The Bertz CT molecular complexity index is 624. The van der Waals surface area contributed by atoms with E-state index in [-0.39, 0.29) is 6.10 Å². The molecule has 2 aliphatic carbocycles. The Kier molecular flexibility index (Phi) is 7.25. The van der Waals surface area contributed by atoms with Crippen LogP contribution in [0.4, 0.5) is 4.79 Å². The molecule has 0 radical (unpaired) electrons. The standard InChI is InChI=1S/C17H23ClN2O3.C4H8/c18-16-13(11-20-6-1-2-7-20)4-3-5-15(16)23-14-8-12(9-14)10-19-17(21)22;1-4-2-3-4/h3-5,12,14,19H,1-2,6-11H2,(H,21,22);4H,2-3H2,1H3. The summed E-state index contributed by atoms with van der Waals surface area (Å²) >= 11 is 6.51. The molecule has 6 heteroatoms. The quantitative estimate of drug-likeness (QED) is 0.729. The third kappa shape index (κ3) is 6.58. The maximum Gasteiger partial charge on any atom is 0.404 e. The van der Waals surface area contributed by atoms with Crippen LogP contribution >= 0.6 is 11.6 Å². The van der Waals surface area contributed by atoms with Crippen molar-refractivity contribution < 1.29 is 14.6 Å². The van der Waals surface area contributed by atoms with Gasteiger partial charge in [-0.3, -0.25) is 4.90 Å².